The number of aryl methyl sites for hydroxylation is 2. The third-order valence-corrected chi connectivity index (χ3v) is 18.6. The number of nitrogens with zero attached hydrogens (tertiary/aromatic N) is 8. The molecule has 4 aromatic heterocycles. The molecule has 0 spiro atoms. The first-order valence-corrected chi connectivity index (χ1v) is 35.0. The number of alkyl halides is 8. The van der Waals surface area contributed by atoms with Crippen molar-refractivity contribution < 1.29 is 89.3 Å². The Bertz CT molecular complexity index is 4260. The van der Waals surface area contributed by atoms with Crippen LogP contribution in [-0.2, 0) is 40.7 Å². The summed E-state index contributed by atoms with van der Waals surface area (Å²) in [5.41, 5.74) is 0.749. The minimum absolute atomic E-state index is 0.0917. The normalized spacial score (nSPS) is 17.1. The summed E-state index contributed by atoms with van der Waals surface area (Å²) in [5.74, 6) is -5.02. The molecular weight excluding hydrogens is 1370 g/mol. The highest BCUT2D eigenvalue weighted by Crippen LogP contribution is 2.42. The van der Waals surface area contributed by atoms with Crippen molar-refractivity contribution in [1.82, 2.24) is 39.7 Å². The minimum Gasteiger partial charge on any atom is -0.444 e. The van der Waals surface area contributed by atoms with Crippen molar-refractivity contribution in [3.05, 3.63) is 144 Å². The van der Waals surface area contributed by atoms with Crippen LogP contribution >= 0.6 is 0 Å². The quantitative estimate of drug-likeness (QED) is 0.0758. The van der Waals surface area contributed by atoms with E-state index in [0.29, 0.717) is 44.4 Å². The highest BCUT2D eigenvalue weighted by Gasteiger charge is 2.37. The standard InChI is InChI=1S/2C34H36F5N5O5S/c2*1-20-7-8-23-24(9-10-27(36)26(23)19-50(46,47)15-12-34(37,38)39)29(20)48-30-25(6-5-13-40-30)28-11-14-41-31(43-28)42-22-16-21(35)17-44(18-22)32(45)49-33(2,3)4/h2*5-11,13-14,21-22H,12,15-19H2,1-4H3,(H,41,42,43)/t2*21-,22-/m10/s1. The van der Waals surface area contributed by atoms with Crippen molar-refractivity contribution in [3.8, 4) is 45.8 Å². The highest BCUT2D eigenvalue weighted by atomic mass is 32.2. The summed E-state index contributed by atoms with van der Waals surface area (Å²) in [5, 5.41) is 7.16. The summed E-state index contributed by atoms with van der Waals surface area (Å²) in [7, 11) is -8.64. The van der Waals surface area contributed by atoms with Crippen LogP contribution in [0.15, 0.2) is 110 Å². The number of carbonyl (C=O) groups is 2. The first-order chi connectivity index (χ1) is 46.7. The van der Waals surface area contributed by atoms with E-state index >= 15 is 8.78 Å². The number of aromatic nitrogens is 6. The van der Waals surface area contributed by atoms with E-state index in [4.69, 9.17) is 18.9 Å². The summed E-state index contributed by atoms with van der Waals surface area (Å²) in [6.45, 7) is 13.9. The largest absolute Gasteiger partial charge is 0.444 e. The third-order valence-electron chi connectivity index (χ3n) is 15.5. The van der Waals surface area contributed by atoms with Gasteiger partial charge >= 0.3 is 24.5 Å². The molecule has 2 aliphatic heterocycles. The number of benzene rings is 4. The number of nitrogens with one attached hydrogen (secondary N) is 2. The van der Waals surface area contributed by atoms with Gasteiger partial charge in [0.1, 0.15) is 46.7 Å². The lowest BCUT2D eigenvalue weighted by Crippen LogP contribution is -2.51. The van der Waals surface area contributed by atoms with Crippen molar-refractivity contribution in [2.75, 3.05) is 48.3 Å². The van der Waals surface area contributed by atoms with Crippen LogP contribution in [0, 0.1) is 25.5 Å². The second kappa shape index (κ2) is 30.3. The van der Waals surface area contributed by atoms with Gasteiger partial charge in [-0.1, -0.05) is 24.3 Å². The number of sulfone groups is 2. The van der Waals surface area contributed by atoms with Crippen LogP contribution in [0.5, 0.6) is 23.3 Å². The lowest BCUT2D eigenvalue weighted by atomic mass is 10.0. The topological polar surface area (TPSA) is 247 Å². The lowest BCUT2D eigenvalue weighted by Gasteiger charge is -2.36. The number of rotatable bonds is 18. The Hall–Kier alpha value is -9.20. The molecule has 536 valence electrons. The van der Waals surface area contributed by atoms with Crippen molar-refractivity contribution in [3.63, 3.8) is 0 Å². The second-order valence-electron chi connectivity index (χ2n) is 26.1. The number of fused-ring (bicyclic) bond motifs is 2. The van der Waals surface area contributed by atoms with Gasteiger partial charge in [0.15, 0.2) is 19.7 Å². The maximum Gasteiger partial charge on any atom is 0.410 e. The van der Waals surface area contributed by atoms with Crippen LogP contribution in [-0.4, -0.2) is 154 Å². The number of anilines is 2. The molecule has 32 heteroatoms. The Balaban J connectivity index is 0.000000233. The Morgan fingerprint density at radius 1 is 0.510 bits per heavy atom. The fourth-order valence-corrected chi connectivity index (χ4v) is 13.9. The SMILES string of the molecule is Cc1ccc2c(CS(=O)(=O)CCC(F)(F)F)c(F)ccc2c1Oc1ncccc1-c1ccnc(N[C@@H]2C[C@@H](F)CN(C(=O)OC(C)(C)C)C2)n1.Cc1ccc2c(CS(=O)(=O)CCC(F)(F)F)c(F)ccc2c1Oc1ncccc1-c1ccnc(N[C@H]2C[C@H](F)CN(C(=O)OC(C)(C)C)C2)n1. The number of hydrogen-bond acceptors (Lipinski definition) is 18. The van der Waals surface area contributed by atoms with Crippen molar-refractivity contribution >= 4 is 65.3 Å². The van der Waals surface area contributed by atoms with Crippen LogP contribution in [0.3, 0.4) is 0 Å². The van der Waals surface area contributed by atoms with Gasteiger partial charge in [-0.3, -0.25) is 0 Å². The minimum atomic E-state index is -4.68. The molecule has 0 unspecified atom stereocenters. The number of halogens is 10. The zero-order valence-electron chi connectivity index (χ0n) is 55.4. The van der Waals surface area contributed by atoms with Crippen LogP contribution in [0.1, 0.15) is 89.5 Å². The highest BCUT2D eigenvalue weighted by molar-refractivity contribution is 7.90. The van der Waals surface area contributed by atoms with E-state index in [0.717, 1.165) is 12.1 Å². The summed E-state index contributed by atoms with van der Waals surface area (Å²) in [4.78, 5) is 54.3. The van der Waals surface area contributed by atoms with Gasteiger partial charge in [-0.25, -0.2) is 73.9 Å². The van der Waals surface area contributed by atoms with Crippen molar-refractivity contribution in [2.45, 2.75) is 141 Å². The van der Waals surface area contributed by atoms with Gasteiger partial charge in [0.2, 0.25) is 23.7 Å². The van der Waals surface area contributed by atoms with E-state index in [2.05, 4.69) is 40.5 Å². The molecule has 10 rings (SSSR count). The molecule has 100 heavy (non-hydrogen) atoms. The monoisotopic (exact) mass is 1440 g/mol. The maximum atomic E-state index is 15.0. The molecule has 4 aromatic carbocycles. The van der Waals surface area contributed by atoms with Crippen LogP contribution in [0.25, 0.3) is 44.1 Å². The van der Waals surface area contributed by atoms with Gasteiger partial charge in [0, 0.05) is 84.7 Å². The average molecular weight is 1440 g/mol. The first kappa shape index (κ1) is 75.0. The Morgan fingerprint density at radius 2 is 0.880 bits per heavy atom. The van der Waals surface area contributed by atoms with Gasteiger partial charge in [0.25, 0.3) is 0 Å². The van der Waals surface area contributed by atoms with E-state index < -0.39 is 127 Å². The average Bonchev–Trinajstić information content (AvgIpc) is 0.774. The van der Waals surface area contributed by atoms with Gasteiger partial charge in [-0.2, -0.15) is 26.3 Å². The predicted octanol–water partition coefficient (Wildman–Crippen LogP) is 15.1. The fourth-order valence-electron chi connectivity index (χ4n) is 11.0. The fraction of sp³-hybridized carbons (Fsp3) is 0.412. The number of hydrogen-bond donors (Lipinski definition) is 2. The van der Waals surface area contributed by atoms with Gasteiger partial charge in [-0.15, -0.1) is 0 Å². The van der Waals surface area contributed by atoms with Crippen LogP contribution < -0.4 is 20.1 Å². The maximum absolute atomic E-state index is 15.0. The molecule has 0 aliphatic carbocycles. The summed E-state index contributed by atoms with van der Waals surface area (Å²) in [6, 6.07) is 19.9. The van der Waals surface area contributed by atoms with Gasteiger partial charge in [0.05, 0.1) is 71.5 Å². The number of ether oxygens (including phenoxy) is 4. The van der Waals surface area contributed by atoms with Crippen molar-refractivity contribution in [2.24, 2.45) is 0 Å². The summed E-state index contributed by atoms with van der Waals surface area (Å²) < 4.78 is 210. The molecule has 2 saturated heterocycles. The molecule has 2 amide bonds. The predicted molar refractivity (Wildman–Crippen MR) is 354 cm³/mol. The summed E-state index contributed by atoms with van der Waals surface area (Å²) >= 11 is 0. The molecule has 0 radical (unpaired) electrons. The van der Waals surface area contributed by atoms with Crippen LogP contribution in [0.2, 0.25) is 0 Å². The lowest BCUT2D eigenvalue weighted by molar-refractivity contribution is -0.130. The molecule has 6 heterocycles. The number of pyridine rings is 2. The molecule has 0 saturated carbocycles. The third kappa shape index (κ3) is 20.5. The number of carbonyl (C=O) groups excluding carboxylic acids is 2. The Kier molecular flexibility index (Phi) is 22.7. The first-order valence-electron chi connectivity index (χ1n) is 31.4. The summed E-state index contributed by atoms with van der Waals surface area (Å²) in [6.07, 6.45) is -10.1. The van der Waals surface area contributed by atoms with E-state index in [-0.39, 0.29) is 96.1 Å². The second-order valence-corrected chi connectivity index (χ2v) is 30.5. The number of likely N-dealkylation sites (tertiary alicyclic amines) is 2. The molecule has 4 atom stereocenters. The van der Waals surface area contributed by atoms with Crippen molar-refractivity contribution in [1.29, 1.82) is 0 Å². The number of piperidine rings is 2. The van der Waals surface area contributed by atoms with Crippen LogP contribution in [0.4, 0.5) is 65.4 Å². The van der Waals surface area contributed by atoms with E-state index in [1.165, 1.54) is 58.9 Å². The van der Waals surface area contributed by atoms with E-state index in [1.807, 2.05) is 0 Å². The zero-order valence-corrected chi connectivity index (χ0v) is 57.1. The molecular formula is C68H72F10N10O10S2. The number of amides is 2. The molecule has 0 bridgehead atoms. The molecule has 2 aliphatic rings. The molecule has 2 N–H and O–H groups in total. The molecule has 20 nitrogen and oxygen atoms in total. The van der Waals surface area contributed by atoms with Gasteiger partial charge in [-0.05, 0) is 138 Å². The molecule has 8 aromatic rings. The Labute approximate surface area is 570 Å². The van der Waals surface area contributed by atoms with E-state index in [9.17, 15) is 61.5 Å². The Morgan fingerprint density at radius 3 is 1.24 bits per heavy atom. The zero-order chi connectivity index (χ0) is 72.9. The smallest absolute Gasteiger partial charge is 0.410 e. The molecule has 2 fully saturated rings. The van der Waals surface area contributed by atoms with E-state index in [1.54, 1.807) is 104 Å². The van der Waals surface area contributed by atoms with Gasteiger partial charge < -0.3 is 39.4 Å².